The van der Waals surface area contributed by atoms with E-state index in [1.165, 1.54) is 18.4 Å². The molecule has 1 aromatic rings. The number of carbonyl (C=O) groups is 1. The van der Waals surface area contributed by atoms with Gasteiger partial charge in [0.2, 0.25) is 0 Å². The van der Waals surface area contributed by atoms with Crippen molar-refractivity contribution in [3.8, 4) is 0 Å². The molecule has 2 rings (SSSR count). The van der Waals surface area contributed by atoms with E-state index in [9.17, 15) is 4.79 Å². The quantitative estimate of drug-likeness (QED) is 0.748. The van der Waals surface area contributed by atoms with E-state index in [1.807, 2.05) is 33.2 Å². The van der Waals surface area contributed by atoms with Crippen molar-refractivity contribution in [1.82, 2.24) is 15.6 Å². The van der Waals surface area contributed by atoms with Gasteiger partial charge in [-0.1, -0.05) is 19.3 Å². The van der Waals surface area contributed by atoms with Crippen LogP contribution in [0.5, 0.6) is 0 Å². The van der Waals surface area contributed by atoms with E-state index in [2.05, 4.69) is 21.7 Å². The Labute approximate surface area is 133 Å². The molecule has 0 spiro atoms. The summed E-state index contributed by atoms with van der Waals surface area (Å²) in [5, 5.41) is 6.66. The van der Waals surface area contributed by atoms with E-state index < -0.39 is 5.60 Å². The van der Waals surface area contributed by atoms with E-state index in [4.69, 9.17) is 4.74 Å². The normalized spacial score (nSPS) is 22.9. The Balaban J connectivity index is 1.90. The van der Waals surface area contributed by atoms with Gasteiger partial charge in [-0.05, 0) is 45.2 Å². The first-order valence-electron chi connectivity index (χ1n) is 8.28. The summed E-state index contributed by atoms with van der Waals surface area (Å²) < 4.78 is 5.40. The van der Waals surface area contributed by atoms with Crippen LogP contribution in [0.2, 0.25) is 0 Å². The number of hydrogen-bond donors (Lipinski definition) is 3. The lowest BCUT2D eigenvalue weighted by molar-refractivity contribution is 0.0489. The maximum absolute atomic E-state index is 12.1. The monoisotopic (exact) mass is 307 g/mol. The van der Waals surface area contributed by atoms with E-state index in [0.717, 1.165) is 25.8 Å². The predicted molar refractivity (Wildman–Crippen MR) is 87.7 cm³/mol. The van der Waals surface area contributed by atoms with Gasteiger partial charge in [-0.2, -0.15) is 0 Å². The highest BCUT2D eigenvalue weighted by Crippen LogP contribution is 2.19. The number of carbonyl (C=O) groups excluding carboxylic acids is 1. The van der Waals surface area contributed by atoms with E-state index in [0.29, 0.717) is 6.04 Å². The third kappa shape index (κ3) is 5.72. The molecule has 0 bridgehead atoms. The molecule has 1 amide bonds. The summed E-state index contributed by atoms with van der Waals surface area (Å²) in [5.41, 5.74) is 0.781. The minimum absolute atomic E-state index is 0.135. The van der Waals surface area contributed by atoms with Gasteiger partial charge < -0.3 is 20.4 Å². The molecule has 3 N–H and O–H groups in total. The molecule has 1 aliphatic rings. The number of nitrogens with one attached hydrogen (secondary N) is 3. The Morgan fingerprint density at radius 3 is 2.64 bits per heavy atom. The molecule has 124 valence electrons. The molecule has 0 radical (unpaired) electrons. The predicted octanol–water partition coefficient (Wildman–Crippen LogP) is 3.33. The molecule has 5 nitrogen and oxygen atoms in total. The second-order valence-electron chi connectivity index (χ2n) is 7.10. The standard InChI is InChI=1S/C17H29N3O2/c1-17(2,3)22-16(21)20-15-8-6-4-5-7-14(15)19-12-13-9-10-18-11-13/h9-11,14-15,18-19H,4-8,12H2,1-3H3,(H,20,21). The van der Waals surface area contributed by atoms with Crippen LogP contribution in [-0.4, -0.2) is 28.8 Å². The first kappa shape index (κ1) is 16.9. The van der Waals surface area contributed by atoms with Gasteiger partial charge in [0.15, 0.2) is 0 Å². The second kappa shape index (κ2) is 7.68. The molecule has 22 heavy (non-hydrogen) atoms. The smallest absolute Gasteiger partial charge is 0.407 e. The average Bonchev–Trinajstić information content (AvgIpc) is 2.83. The van der Waals surface area contributed by atoms with Gasteiger partial charge in [0, 0.05) is 31.0 Å². The maximum atomic E-state index is 12.1. The molecule has 1 aliphatic carbocycles. The number of aromatic amines is 1. The maximum Gasteiger partial charge on any atom is 0.407 e. The summed E-state index contributed by atoms with van der Waals surface area (Å²) in [6.07, 6.45) is 9.30. The Bertz CT molecular complexity index is 451. The van der Waals surface area contributed by atoms with Crippen molar-refractivity contribution in [2.75, 3.05) is 0 Å². The molecule has 0 aliphatic heterocycles. The highest BCUT2D eigenvalue weighted by Gasteiger charge is 2.26. The first-order chi connectivity index (χ1) is 10.4. The van der Waals surface area contributed by atoms with Gasteiger partial charge >= 0.3 is 6.09 Å². The molecular weight excluding hydrogens is 278 g/mol. The zero-order valence-corrected chi connectivity index (χ0v) is 13.9. The molecule has 1 fully saturated rings. The molecule has 1 heterocycles. The zero-order valence-electron chi connectivity index (χ0n) is 13.9. The van der Waals surface area contributed by atoms with E-state index in [-0.39, 0.29) is 12.1 Å². The van der Waals surface area contributed by atoms with Crippen molar-refractivity contribution in [3.05, 3.63) is 24.0 Å². The fourth-order valence-electron chi connectivity index (χ4n) is 2.90. The number of aromatic nitrogens is 1. The van der Waals surface area contributed by atoms with Crippen molar-refractivity contribution < 1.29 is 9.53 Å². The summed E-state index contributed by atoms with van der Waals surface area (Å²) in [6.45, 7) is 6.49. The summed E-state index contributed by atoms with van der Waals surface area (Å²) in [5.74, 6) is 0. The Morgan fingerprint density at radius 1 is 1.27 bits per heavy atom. The third-order valence-corrected chi connectivity index (χ3v) is 3.95. The van der Waals surface area contributed by atoms with Crippen LogP contribution in [-0.2, 0) is 11.3 Å². The van der Waals surface area contributed by atoms with Crippen LogP contribution in [0, 0.1) is 0 Å². The Kier molecular flexibility index (Phi) is 5.89. The van der Waals surface area contributed by atoms with Crippen molar-refractivity contribution in [1.29, 1.82) is 0 Å². The number of amides is 1. The fourth-order valence-corrected chi connectivity index (χ4v) is 2.90. The number of ether oxygens (including phenoxy) is 1. The van der Waals surface area contributed by atoms with Crippen molar-refractivity contribution in [2.45, 2.75) is 77.1 Å². The lowest BCUT2D eigenvalue weighted by Gasteiger charge is -2.28. The molecule has 0 saturated heterocycles. The lowest BCUT2D eigenvalue weighted by atomic mass is 10.0. The number of alkyl carbamates (subject to hydrolysis) is 1. The first-order valence-corrected chi connectivity index (χ1v) is 8.28. The summed E-state index contributed by atoms with van der Waals surface area (Å²) >= 11 is 0. The van der Waals surface area contributed by atoms with Crippen molar-refractivity contribution >= 4 is 6.09 Å². The number of hydrogen-bond acceptors (Lipinski definition) is 3. The largest absolute Gasteiger partial charge is 0.444 e. The van der Waals surface area contributed by atoms with Crippen LogP contribution < -0.4 is 10.6 Å². The summed E-state index contributed by atoms with van der Waals surface area (Å²) in [7, 11) is 0. The highest BCUT2D eigenvalue weighted by atomic mass is 16.6. The van der Waals surface area contributed by atoms with Gasteiger partial charge in [0.1, 0.15) is 5.60 Å². The molecule has 2 atom stereocenters. The number of rotatable bonds is 4. The van der Waals surface area contributed by atoms with Crippen LogP contribution >= 0.6 is 0 Å². The molecule has 1 aromatic heterocycles. The zero-order chi connectivity index (χ0) is 16.0. The van der Waals surface area contributed by atoms with Crippen LogP contribution in [0.1, 0.15) is 58.4 Å². The minimum atomic E-state index is -0.455. The topological polar surface area (TPSA) is 66.2 Å². The van der Waals surface area contributed by atoms with Crippen LogP contribution in [0.4, 0.5) is 4.79 Å². The Morgan fingerprint density at radius 2 is 2.00 bits per heavy atom. The van der Waals surface area contributed by atoms with Crippen molar-refractivity contribution in [3.63, 3.8) is 0 Å². The molecule has 2 unspecified atom stereocenters. The highest BCUT2D eigenvalue weighted by molar-refractivity contribution is 5.68. The Hall–Kier alpha value is -1.49. The van der Waals surface area contributed by atoms with Gasteiger partial charge in [-0.3, -0.25) is 0 Å². The minimum Gasteiger partial charge on any atom is -0.444 e. The van der Waals surface area contributed by atoms with Crippen LogP contribution in [0.3, 0.4) is 0 Å². The number of H-pyrrole nitrogens is 1. The molecule has 0 aromatic carbocycles. The average molecular weight is 307 g/mol. The molecular formula is C17H29N3O2. The summed E-state index contributed by atoms with van der Waals surface area (Å²) in [4.78, 5) is 15.1. The van der Waals surface area contributed by atoms with Gasteiger partial charge in [0.25, 0.3) is 0 Å². The summed E-state index contributed by atoms with van der Waals surface area (Å²) in [6, 6.07) is 2.50. The molecule has 5 heteroatoms. The van der Waals surface area contributed by atoms with Crippen LogP contribution in [0.15, 0.2) is 18.5 Å². The van der Waals surface area contributed by atoms with Crippen LogP contribution in [0.25, 0.3) is 0 Å². The third-order valence-electron chi connectivity index (χ3n) is 3.95. The van der Waals surface area contributed by atoms with E-state index >= 15 is 0 Å². The van der Waals surface area contributed by atoms with Gasteiger partial charge in [-0.25, -0.2) is 4.79 Å². The van der Waals surface area contributed by atoms with Gasteiger partial charge in [-0.15, -0.1) is 0 Å². The SMILES string of the molecule is CC(C)(C)OC(=O)NC1CCCCCC1NCc1cc[nH]c1. The van der Waals surface area contributed by atoms with Gasteiger partial charge in [0.05, 0.1) is 0 Å². The molecule has 1 saturated carbocycles. The second-order valence-corrected chi connectivity index (χ2v) is 7.10. The fraction of sp³-hybridized carbons (Fsp3) is 0.706. The lowest BCUT2D eigenvalue weighted by Crippen LogP contribution is -2.50. The van der Waals surface area contributed by atoms with Crippen molar-refractivity contribution in [2.24, 2.45) is 0 Å². The van der Waals surface area contributed by atoms with E-state index in [1.54, 1.807) is 0 Å².